The SMILES string of the molecule is CCCCC(CN)NC(=O)c1cc(C)n(-c2ccccn2)c1C.Cl.Cl. The van der Waals surface area contributed by atoms with Gasteiger partial charge in [-0.05, 0) is 38.5 Å². The third-order valence-electron chi connectivity index (χ3n) is 4.08. The third-order valence-corrected chi connectivity index (χ3v) is 4.08. The number of nitrogens with zero attached hydrogens (tertiary/aromatic N) is 2. The average Bonchev–Trinajstić information content (AvgIpc) is 2.86. The van der Waals surface area contributed by atoms with Gasteiger partial charge in [0.25, 0.3) is 5.91 Å². The molecule has 140 valence electrons. The van der Waals surface area contributed by atoms with Crippen molar-refractivity contribution in [3.63, 3.8) is 0 Å². The van der Waals surface area contributed by atoms with E-state index in [9.17, 15) is 4.79 Å². The third kappa shape index (κ3) is 5.73. The van der Waals surface area contributed by atoms with E-state index in [1.165, 1.54) is 0 Å². The maximum absolute atomic E-state index is 12.6. The number of nitrogens with two attached hydrogens (primary N) is 1. The molecule has 0 spiro atoms. The van der Waals surface area contributed by atoms with Crippen molar-refractivity contribution in [3.8, 4) is 5.82 Å². The van der Waals surface area contributed by atoms with Crippen LogP contribution in [0.4, 0.5) is 0 Å². The molecule has 0 aliphatic rings. The molecule has 0 radical (unpaired) electrons. The molecule has 0 saturated carbocycles. The number of carbonyl (C=O) groups is 1. The van der Waals surface area contributed by atoms with Crippen molar-refractivity contribution in [2.75, 3.05) is 6.54 Å². The Bertz CT molecular complexity index is 659. The van der Waals surface area contributed by atoms with Gasteiger partial charge in [0, 0.05) is 30.2 Å². The van der Waals surface area contributed by atoms with Crippen LogP contribution in [0.2, 0.25) is 0 Å². The zero-order valence-electron chi connectivity index (χ0n) is 15.0. The Hall–Kier alpha value is -1.56. The molecule has 3 N–H and O–H groups in total. The van der Waals surface area contributed by atoms with Crippen molar-refractivity contribution in [3.05, 3.63) is 47.4 Å². The topological polar surface area (TPSA) is 72.9 Å². The number of aryl methyl sites for hydroxylation is 1. The predicted octanol–water partition coefficient (Wildman–Crippen LogP) is 3.58. The maximum atomic E-state index is 12.6. The second kappa shape index (κ2) is 11.1. The van der Waals surface area contributed by atoms with Gasteiger partial charge in [-0.2, -0.15) is 0 Å². The minimum absolute atomic E-state index is 0. The number of nitrogens with one attached hydrogen (secondary N) is 1. The van der Waals surface area contributed by atoms with Crippen LogP contribution in [0.3, 0.4) is 0 Å². The Labute approximate surface area is 162 Å². The molecule has 1 atom stereocenters. The summed E-state index contributed by atoms with van der Waals surface area (Å²) in [6, 6.07) is 7.69. The van der Waals surface area contributed by atoms with Crippen LogP contribution in [0, 0.1) is 13.8 Å². The highest BCUT2D eigenvalue weighted by Gasteiger charge is 2.19. The first-order valence-corrected chi connectivity index (χ1v) is 8.19. The van der Waals surface area contributed by atoms with E-state index in [0.717, 1.165) is 36.5 Å². The molecule has 0 aliphatic heterocycles. The van der Waals surface area contributed by atoms with Gasteiger partial charge in [0.1, 0.15) is 5.82 Å². The maximum Gasteiger partial charge on any atom is 0.253 e. The van der Waals surface area contributed by atoms with Crippen LogP contribution in [0.15, 0.2) is 30.5 Å². The fourth-order valence-corrected chi connectivity index (χ4v) is 2.79. The molecule has 25 heavy (non-hydrogen) atoms. The fourth-order valence-electron chi connectivity index (χ4n) is 2.79. The van der Waals surface area contributed by atoms with Crippen LogP contribution in [0.5, 0.6) is 0 Å². The van der Waals surface area contributed by atoms with E-state index in [-0.39, 0.29) is 36.8 Å². The first-order chi connectivity index (χ1) is 11.1. The number of hydrogen-bond donors (Lipinski definition) is 2. The number of amides is 1. The summed E-state index contributed by atoms with van der Waals surface area (Å²) in [5, 5.41) is 3.05. The number of halogens is 2. The minimum atomic E-state index is -0.0631. The molecule has 0 bridgehead atoms. The Kier molecular flexibility index (Phi) is 10.4. The first-order valence-electron chi connectivity index (χ1n) is 8.19. The molecule has 1 unspecified atom stereocenters. The summed E-state index contributed by atoms with van der Waals surface area (Å²) in [4.78, 5) is 17.0. The van der Waals surface area contributed by atoms with E-state index in [1.54, 1.807) is 6.20 Å². The molecular formula is C18H28Cl2N4O. The molecule has 0 aliphatic carbocycles. The molecule has 2 aromatic rings. The smallest absolute Gasteiger partial charge is 0.253 e. The summed E-state index contributed by atoms with van der Waals surface area (Å²) in [5.74, 6) is 0.759. The summed E-state index contributed by atoms with van der Waals surface area (Å²) < 4.78 is 2.00. The van der Waals surface area contributed by atoms with E-state index in [4.69, 9.17) is 5.73 Å². The summed E-state index contributed by atoms with van der Waals surface area (Å²) in [7, 11) is 0. The number of aromatic nitrogens is 2. The number of unbranched alkanes of at least 4 members (excludes halogenated alkanes) is 1. The van der Waals surface area contributed by atoms with Crippen LogP contribution >= 0.6 is 24.8 Å². The lowest BCUT2D eigenvalue weighted by atomic mass is 10.1. The molecule has 1 amide bonds. The molecule has 0 aromatic carbocycles. The van der Waals surface area contributed by atoms with Crippen molar-refractivity contribution in [1.29, 1.82) is 0 Å². The van der Waals surface area contributed by atoms with Gasteiger partial charge in [-0.25, -0.2) is 4.98 Å². The Morgan fingerprint density at radius 1 is 1.32 bits per heavy atom. The lowest BCUT2D eigenvalue weighted by Crippen LogP contribution is -2.40. The lowest BCUT2D eigenvalue weighted by molar-refractivity contribution is 0.0935. The van der Waals surface area contributed by atoms with Crippen LogP contribution in [-0.2, 0) is 0 Å². The van der Waals surface area contributed by atoms with E-state index in [0.29, 0.717) is 12.1 Å². The van der Waals surface area contributed by atoms with E-state index in [1.807, 2.05) is 42.7 Å². The van der Waals surface area contributed by atoms with E-state index >= 15 is 0 Å². The summed E-state index contributed by atoms with van der Waals surface area (Å²) in [5.41, 5.74) is 8.34. The quantitative estimate of drug-likeness (QED) is 0.763. The molecule has 2 heterocycles. The van der Waals surface area contributed by atoms with Crippen LogP contribution in [0.25, 0.3) is 5.82 Å². The predicted molar refractivity (Wildman–Crippen MR) is 107 cm³/mol. The second-order valence-electron chi connectivity index (χ2n) is 5.86. The Morgan fingerprint density at radius 2 is 2.04 bits per heavy atom. The van der Waals surface area contributed by atoms with Gasteiger partial charge in [-0.1, -0.05) is 25.8 Å². The Morgan fingerprint density at radius 3 is 2.60 bits per heavy atom. The van der Waals surface area contributed by atoms with Gasteiger partial charge in [0.05, 0.1) is 5.56 Å². The lowest BCUT2D eigenvalue weighted by Gasteiger charge is -2.16. The molecule has 2 aromatic heterocycles. The minimum Gasteiger partial charge on any atom is -0.348 e. The zero-order valence-corrected chi connectivity index (χ0v) is 16.6. The van der Waals surface area contributed by atoms with E-state index in [2.05, 4.69) is 17.2 Å². The van der Waals surface area contributed by atoms with Crippen LogP contribution in [0.1, 0.15) is 47.9 Å². The molecular weight excluding hydrogens is 359 g/mol. The van der Waals surface area contributed by atoms with Crippen molar-refractivity contribution < 1.29 is 4.79 Å². The monoisotopic (exact) mass is 386 g/mol. The number of carbonyl (C=O) groups excluding carboxylic acids is 1. The number of rotatable bonds is 7. The van der Waals surface area contributed by atoms with Gasteiger partial charge >= 0.3 is 0 Å². The highest BCUT2D eigenvalue weighted by Crippen LogP contribution is 2.19. The summed E-state index contributed by atoms with van der Waals surface area (Å²) >= 11 is 0. The van der Waals surface area contributed by atoms with Crippen molar-refractivity contribution in [2.45, 2.75) is 46.1 Å². The van der Waals surface area contributed by atoms with Crippen LogP contribution in [-0.4, -0.2) is 28.0 Å². The first kappa shape index (κ1) is 23.4. The second-order valence-corrected chi connectivity index (χ2v) is 5.86. The molecule has 7 heteroatoms. The van der Waals surface area contributed by atoms with E-state index < -0.39 is 0 Å². The van der Waals surface area contributed by atoms with Crippen molar-refractivity contribution in [1.82, 2.24) is 14.9 Å². The van der Waals surface area contributed by atoms with Gasteiger partial charge in [0.15, 0.2) is 0 Å². The van der Waals surface area contributed by atoms with Crippen molar-refractivity contribution >= 4 is 30.7 Å². The number of hydrogen-bond acceptors (Lipinski definition) is 3. The fraction of sp³-hybridized carbons (Fsp3) is 0.444. The van der Waals surface area contributed by atoms with Gasteiger partial charge in [0.2, 0.25) is 0 Å². The van der Waals surface area contributed by atoms with Gasteiger partial charge in [-0.3, -0.25) is 4.79 Å². The standard InChI is InChI=1S/C18H26N4O.2ClH/c1-4-5-8-15(12-19)21-18(23)16-11-13(2)22(14(16)3)17-9-6-7-10-20-17;;/h6-7,9-11,15H,4-5,8,12,19H2,1-3H3,(H,21,23);2*1H. The molecule has 0 fully saturated rings. The molecule has 5 nitrogen and oxygen atoms in total. The highest BCUT2D eigenvalue weighted by molar-refractivity contribution is 5.96. The Balaban J connectivity index is 0.00000288. The molecule has 0 saturated heterocycles. The molecule has 2 rings (SSSR count). The average molecular weight is 387 g/mol. The van der Waals surface area contributed by atoms with Gasteiger partial charge in [-0.15, -0.1) is 24.8 Å². The summed E-state index contributed by atoms with van der Waals surface area (Å²) in [6.07, 6.45) is 4.83. The highest BCUT2D eigenvalue weighted by atomic mass is 35.5. The summed E-state index contributed by atoms with van der Waals surface area (Å²) in [6.45, 7) is 6.52. The van der Waals surface area contributed by atoms with Crippen molar-refractivity contribution in [2.24, 2.45) is 5.73 Å². The van der Waals surface area contributed by atoms with Gasteiger partial charge < -0.3 is 15.6 Å². The largest absolute Gasteiger partial charge is 0.348 e. The zero-order chi connectivity index (χ0) is 16.8. The number of pyridine rings is 1. The van der Waals surface area contributed by atoms with Crippen LogP contribution < -0.4 is 11.1 Å². The normalized spacial score (nSPS) is 11.2.